The van der Waals surface area contributed by atoms with Crippen molar-refractivity contribution in [1.82, 2.24) is 5.32 Å². The van der Waals surface area contributed by atoms with E-state index in [-0.39, 0.29) is 29.9 Å². The molecule has 0 heterocycles. The molecule has 0 fully saturated rings. The fourth-order valence-electron chi connectivity index (χ4n) is 2.55. The number of methoxy groups -OCH3 is 2. The van der Waals surface area contributed by atoms with E-state index < -0.39 is 17.2 Å². The zero-order valence-electron chi connectivity index (χ0n) is 18.4. The van der Waals surface area contributed by atoms with Crippen LogP contribution in [0.3, 0.4) is 0 Å². The Morgan fingerprint density at radius 3 is 2.17 bits per heavy atom. The van der Waals surface area contributed by atoms with E-state index in [1.54, 1.807) is 26.4 Å². The van der Waals surface area contributed by atoms with Gasteiger partial charge >= 0.3 is 6.09 Å². The zero-order valence-corrected chi connectivity index (χ0v) is 20.7. The first-order chi connectivity index (χ1) is 13.1. The first-order valence-electron chi connectivity index (χ1n) is 9.38. The molecule has 0 spiro atoms. The minimum atomic E-state index is -0.561. The molecule has 0 saturated carbocycles. The molecule has 9 heteroatoms. The second kappa shape index (κ2) is 11.9. The van der Waals surface area contributed by atoms with Crippen LogP contribution in [0.15, 0.2) is 23.2 Å². The van der Waals surface area contributed by atoms with Crippen LogP contribution in [0.2, 0.25) is 0 Å². The van der Waals surface area contributed by atoms with Crippen LogP contribution in [0.5, 0.6) is 11.5 Å². The monoisotopic (exact) mass is 522 g/mol. The summed E-state index contributed by atoms with van der Waals surface area (Å²) in [5, 5.41) is 5.98. The van der Waals surface area contributed by atoms with Gasteiger partial charge in [-0.1, -0.05) is 13.8 Å². The summed E-state index contributed by atoms with van der Waals surface area (Å²) in [7, 11) is 3.14. The zero-order chi connectivity index (χ0) is 21.4. The number of aliphatic imine (C=N–C) groups is 1. The van der Waals surface area contributed by atoms with Crippen LogP contribution >= 0.6 is 24.0 Å². The maximum Gasteiger partial charge on any atom is 0.408 e. The van der Waals surface area contributed by atoms with Gasteiger partial charge in [-0.3, -0.25) is 4.99 Å². The molecule has 29 heavy (non-hydrogen) atoms. The number of nitrogens with one attached hydrogen (secondary N) is 2. The molecule has 1 aromatic rings. The molecule has 0 aromatic heterocycles. The van der Waals surface area contributed by atoms with E-state index in [0.717, 1.165) is 5.69 Å². The number of alkyl carbamates (subject to hydrolysis) is 1. The topological polar surface area (TPSA) is 107 Å². The van der Waals surface area contributed by atoms with E-state index in [0.29, 0.717) is 30.9 Å². The van der Waals surface area contributed by atoms with Crippen LogP contribution in [0.1, 0.15) is 47.5 Å². The Hall–Kier alpha value is -1.91. The predicted molar refractivity (Wildman–Crippen MR) is 128 cm³/mol. The van der Waals surface area contributed by atoms with E-state index in [1.165, 1.54) is 0 Å². The lowest BCUT2D eigenvalue weighted by Gasteiger charge is -2.32. The molecule has 166 valence electrons. The molecule has 0 bridgehead atoms. The van der Waals surface area contributed by atoms with E-state index in [9.17, 15) is 4.79 Å². The molecular weight excluding hydrogens is 487 g/mol. The third kappa shape index (κ3) is 8.97. The van der Waals surface area contributed by atoms with Crippen molar-refractivity contribution in [2.24, 2.45) is 10.7 Å². The SMILES string of the molecule is CCC(CC)(CN=C(N)Nc1ccc(OC)c(OC)c1)NC(=O)OC(C)(C)C.I. The van der Waals surface area contributed by atoms with Gasteiger partial charge < -0.3 is 30.6 Å². The van der Waals surface area contributed by atoms with Crippen molar-refractivity contribution < 1.29 is 19.0 Å². The molecule has 1 aromatic carbocycles. The number of ether oxygens (including phenoxy) is 3. The standard InChI is InChI=1S/C20H34N4O4.HI/c1-8-20(9-2,24-18(25)28-19(3,4)5)13-22-17(21)23-14-10-11-15(26-6)16(12-14)27-7;/h10-12H,8-9,13H2,1-7H3,(H,24,25)(H3,21,22,23);1H. The number of anilines is 1. The largest absolute Gasteiger partial charge is 0.493 e. The summed E-state index contributed by atoms with van der Waals surface area (Å²) < 4.78 is 15.9. The van der Waals surface area contributed by atoms with Crippen LogP contribution < -0.4 is 25.8 Å². The number of hydrogen-bond acceptors (Lipinski definition) is 5. The van der Waals surface area contributed by atoms with Crippen molar-refractivity contribution in [3.63, 3.8) is 0 Å². The lowest BCUT2D eigenvalue weighted by Crippen LogP contribution is -2.52. The molecule has 0 aliphatic heterocycles. The fourth-order valence-corrected chi connectivity index (χ4v) is 2.55. The minimum Gasteiger partial charge on any atom is -0.493 e. The van der Waals surface area contributed by atoms with Crippen molar-refractivity contribution in [1.29, 1.82) is 0 Å². The maximum absolute atomic E-state index is 12.2. The number of hydrogen-bond donors (Lipinski definition) is 3. The number of amides is 1. The normalized spacial score (nSPS) is 11.9. The van der Waals surface area contributed by atoms with Crippen molar-refractivity contribution in [2.45, 2.75) is 58.6 Å². The average Bonchev–Trinajstić information content (AvgIpc) is 2.63. The second-order valence-corrected chi connectivity index (χ2v) is 7.51. The van der Waals surface area contributed by atoms with Gasteiger partial charge in [-0.25, -0.2) is 4.79 Å². The summed E-state index contributed by atoms with van der Waals surface area (Å²) in [4.78, 5) is 16.6. The van der Waals surface area contributed by atoms with Gasteiger partial charge in [0.05, 0.1) is 26.3 Å². The number of benzene rings is 1. The Morgan fingerprint density at radius 1 is 1.10 bits per heavy atom. The first-order valence-corrected chi connectivity index (χ1v) is 9.38. The molecule has 0 aliphatic carbocycles. The van der Waals surface area contributed by atoms with Gasteiger partial charge in [0.1, 0.15) is 5.60 Å². The first kappa shape index (κ1) is 27.1. The highest BCUT2D eigenvalue weighted by Gasteiger charge is 2.30. The Kier molecular flexibility index (Phi) is 11.2. The molecule has 1 amide bonds. The molecule has 1 rings (SSSR count). The number of carbonyl (C=O) groups excluding carboxylic acids is 1. The van der Waals surface area contributed by atoms with E-state index in [2.05, 4.69) is 15.6 Å². The summed E-state index contributed by atoms with van der Waals surface area (Å²) in [6.07, 6.45) is 0.920. The van der Waals surface area contributed by atoms with Gasteiger partial charge in [-0.15, -0.1) is 24.0 Å². The van der Waals surface area contributed by atoms with E-state index in [4.69, 9.17) is 19.9 Å². The number of guanidine groups is 1. The molecular formula is C20H35IN4O4. The summed E-state index contributed by atoms with van der Waals surface area (Å²) in [5.41, 5.74) is 5.66. The smallest absolute Gasteiger partial charge is 0.408 e. The van der Waals surface area contributed by atoms with Crippen LogP contribution in [0.25, 0.3) is 0 Å². The third-order valence-electron chi connectivity index (χ3n) is 4.33. The Bertz CT molecular complexity index is 686. The maximum atomic E-state index is 12.2. The fraction of sp³-hybridized carbons (Fsp3) is 0.600. The Balaban J connectivity index is 0.00000784. The highest BCUT2D eigenvalue weighted by molar-refractivity contribution is 14.0. The van der Waals surface area contributed by atoms with E-state index in [1.807, 2.05) is 40.7 Å². The van der Waals surface area contributed by atoms with Crippen molar-refractivity contribution >= 4 is 41.7 Å². The van der Waals surface area contributed by atoms with Gasteiger partial charge in [0.2, 0.25) is 0 Å². The molecule has 0 radical (unpaired) electrons. The lowest BCUT2D eigenvalue weighted by molar-refractivity contribution is 0.0452. The summed E-state index contributed by atoms with van der Waals surface area (Å²) in [5.74, 6) is 1.45. The summed E-state index contributed by atoms with van der Waals surface area (Å²) in [6.45, 7) is 9.80. The molecule has 0 aliphatic rings. The highest BCUT2D eigenvalue weighted by Crippen LogP contribution is 2.29. The molecule has 0 saturated heterocycles. The summed E-state index contributed by atoms with van der Waals surface area (Å²) >= 11 is 0. The lowest BCUT2D eigenvalue weighted by atomic mass is 9.93. The number of nitrogens with zero attached hydrogens (tertiary/aromatic N) is 1. The number of halogens is 1. The third-order valence-corrected chi connectivity index (χ3v) is 4.33. The van der Waals surface area contributed by atoms with Gasteiger partial charge in [-0.2, -0.15) is 0 Å². The van der Waals surface area contributed by atoms with Gasteiger partial charge in [-0.05, 0) is 45.7 Å². The Labute approximate surface area is 191 Å². The van der Waals surface area contributed by atoms with Gasteiger partial charge in [0.15, 0.2) is 17.5 Å². The number of carbonyl (C=O) groups is 1. The summed E-state index contributed by atoms with van der Waals surface area (Å²) in [6, 6.07) is 5.36. The molecule has 8 nitrogen and oxygen atoms in total. The molecule has 0 unspecified atom stereocenters. The van der Waals surface area contributed by atoms with Crippen LogP contribution in [0.4, 0.5) is 10.5 Å². The molecule has 4 N–H and O–H groups in total. The van der Waals surface area contributed by atoms with Gasteiger partial charge in [0, 0.05) is 11.8 Å². The quantitative estimate of drug-likeness (QED) is 0.269. The van der Waals surface area contributed by atoms with Crippen molar-refractivity contribution in [3.8, 4) is 11.5 Å². The highest BCUT2D eigenvalue weighted by atomic mass is 127. The predicted octanol–water partition coefficient (Wildman–Crippen LogP) is 4.13. The minimum absolute atomic E-state index is 0. The second-order valence-electron chi connectivity index (χ2n) is 7.51. The average molecular weight is 522 g/mol. The van der Waals surface area contributed by atoms with E-state index >= 15 is 0 Å². The Morgan fingerprint density at radius 2 is 1.69 bits per heavy atom. The van der Waals surface area contributed by atoms with Crippen molar-refractivity contribution in [2.75, 3.05) is 26.1 Å². The van der Waals surface area contributed by atoms with Gasteiger partial charge in [0.25, 0.3) is 0 Å². The van der Waals surface area contributed by atoms with Crippen LogP contribution in [0, 0.1) is 0 Å². The van der Waals surface area contributed by atoms with Crippen molar-refractivity contribution in [3.05, 3.63) is 18.2 Å². The molecule has 0 atom stereocenters. The number of rotatable bonds is 8. The number of nitrogens with two attached hydrogens (primary N) is 1. The van der Waals surface area contributed by atoms with Crippen LogP contribution in [-0.2, 0) is 4.74 Å². The van der Waals surface area contributed by atoms with Crippen LogP contribution in [-0.4, -0.2) is 44.0 Å².